The minimum atomic E-state index is -4.34. The number of anilines is 1. The summed E-state index contributed by atoms with van der Waals surface area (Å²) in [5.41, 5.74) is -0.622. The van der Waals surface area contributed by atoms with Crippen LogP contribution in [0.5, 0.6) is 0 Å². The molecule has 0 radical (unpaired) electrons. The Bertz CT molecular complexity index is 978. The monoisotopic (exact) mass is 478 g/mol. The number of ether oxygens (including phenoxy) is 2. The minimum Gasteiger partial charge on any atom is -0.455 e. The van der Waals surface area contributed by atoms with Crippen LogP contribution >= 0.6 is 0 Å². The van der Waals surface area contributed by atoms with Gasteiger partial charge in [0.1, 0.15) is 11.7 Å². The van der Waals surface area contributed by atoms with Crippen molar-refractivity contribution in [3.8, 4) is 0 Å². The summed E-state index contributed by atoms with van der Waals surface area (Å²) in [6, 6.07) is 5.55. The quantitative estimate of drug-likeness (QED) is 0.478. The molecule has 1 aromatic carbocycles. The second-order valence-corrected chi connectivity index (χ2v) is 11.3. The van der Waals surface area contributed by atoms with E-state index in [4.69, 9.17) is 9.47 Å². The Hall–Kier alpha value is -1.80. The molecule has 2 saturated carbocycles. The summed E-state index contributed by atoms with van der Waals surface area (Å²) in [6.07, 6.45) is -0.100. The van der Waals surface area contributed by atoms with Gasteiger partial charge in [-0.15, -0.1) is 0 Å². The van der Waals surface area contributed by atoms with Gasteiger partial charge >= 0.3 is 12.1 Å². The van der Waals surface area contributed by atoms with Gasteiger partial charge < -0.3 is 14.4 Å². The molecule has 3 heterocycles. The highest BCUT2D eigenvalue weighted by Gasteiger charge is 2.77. The maximum absolute atomic E-state index is 13.2. The molecule has 0 bridgehead atoms. The lowest BCUT2D eigenvalue weighted by Crippen LogP contribution is -2.58. The number of rotatable bonds is 3. The van der Waals surface area contributed by atoms with Gasteiger partial charge in [-0.25, -0.2) is 0 Å². The van der Waals surface area contributed by atoms with Crippen molar-refractivity contribution in [1.82, 2.24) is 4.90 Å². The van der Waals surface area contributed by atoms with Crippen LogP contribution in [0.2, 0.25) is 0 Å². The van der Waals surface area contributed by atoms with E-state index in [-0.39, 0.29) is 29.5 Å². The molecule has 2 aliphatic carbocycles. The van der Waals surface area contributed by atoms with Crippen molar-refractivity contribution in [2.75, 3.05) is 37.6 Å². The average molecular weight is 479 g/mol. The number of hydrogen-bond donors (Lipinski definition) is 0. The second kappa shape index (κ2) is 7.60. The molecule has 6 rings (SSSR count). The number of hydrogen-bond acceptors (Lipinski definition) is 5. The maximum Gasteiger partial charge on any atom is 0.416 e. The van der Waals surface area contributed by atoms with Crippen molar-refractivity contribution < 1.29 is 27.4 Å². The van der Waals surface area contributed by atoms with E-state index in [9.17, 15) is 18.0 Å². The molecule has 7 atom stereocenters. The number of carbonyl (C=O) groups is 1. The molecule has 0 unspecified atom stereocenters. The standard InChI is InChI=1S/C26H33F3N2O3/c1-16-6-7-21-19(22(32)33-25(21)20(16)8-9-24(2)23(25)34-24)15-30-10-12-31(13-11-30)18-5-3-4-17(14-18)26(27,28)29/h3-5,14,16,19-21,23H,6-13,15H2,1-2H3/t16-,19+,20-,21-,23+,24-,25+/m1/s1. The third kappa shape index (κ3) is 3.39. The van der Waals surface area contributed by atoms with Gasteiger partial charge in [0.15, 0.2) is 0 Å². The number of carbonyl (C=O) groups excluding carboxylic acids is 1. The normalized spacial score (nSPS) is 42.0. The van der Waals surface area contributed by atoms with Gasteiger partial charge in [-0.2, -0.15) is 13.2 Å². The minimum absolute atomic E-state index is 0.0261. The lowest BCUT2D eigenvalue weighted by Gasteiger charge is -2.50. The Balaban J connectivity index is 1.14. The Morgan fingerprint density at radius 1 is 1.09 bits per heavy atom. The van der Waals surface area contributed by atoms with Crippen LogP contribution < -0.4 is 4.90 Å². The van der Waals surface area contributed by atoms with Crippen molar-refractivity contribution in [2.45, 2.75) is 63.0 Å². The number of benzene rings is 1. The first kappa shape index (κ1) is 22.7. The number of epoxide rings is 1. The zero-order valence-corrected chi connectivity index (χ0v) is 19.8. The van der Waals surface area contributed by atoms with E-state index >= 15 is 0 Å². The smallest absolute Gasteiger partial charge is 0.416 e. The zero-order chi connectivity index (χ0) is 23.9. The first-order valence-corrected chi connectivity index (χ1v) is 12.7. The third-order valence-electron chi connectivity index (χ3n) is 9.46. The largest absolute Gasteiger partial charge is 0.455 e. The molecule has 5 nitrogen and oxygen atoms in total. The Kier molecular flexibility index (Phi) is 5.06. The van der Waals surface area contributed by atoms with Crippen LogP contribution in [0, 0.1) is 23.7 Å². The van der Waals surface area contributed by atoms with Crippen LogP contribution in [0.4, 0.5) is 18.9 Å². The van der Waals surface area contributed by atoms with E-state index in [1.807, 2.05) is 4.90 Å². The van der Waals surface area contributed by atoms with E-state index in [1.165, 1.54) is 12.1 Å². The van der Waals surface area contributed by atoms with Crippen LogP contribution in [0.25, 0.3) is 0 Å². The highest BCUT2D eigenvalue weighted by molar-refractivity contribution is 5.77. The predicted octanol–water partition coefficient (Wildman–Crippen LogP) is 4.35. The molecule has 1 spiro atoms. The molecule has 3 aliphatic heterocycles. The van der Waals surface area contributed by atoms with Gasteiger partial charge in [0.05, 0.1) is 17.1 Å². The van der Waals surface area contributed by atoms with E-state index < -0.39 is 17.3 Å². The average Bonchev–Trinajstić information content (AvgIpc) is 3.43. The second-order valence-electron chi connectivity index (χ2n) is 11.3. The summed E-state index contributed by atoms with van der Waals surface area (Å²) in [5, 5.41) is 0. The van der Waals surface area contributed by atoms with E-state index in [1.54, 1.807) is 6.07 Å². The molecule has 5 aliphatic rings. The number of piperazine rings is 1. The fourth-order valence-electron chi connectivity index (χ4n) is 7.61. The molecule has 5 fully saturated rings. The predicted molar refractivity (Wildman–Crippen MR) is 120 cm³/mol. The lowest BCUT2D eigenvalue weighted by atomic mass is 9.55. The number of alkyl halides is 3. The van der Waals surface area contributed by atoms with Gasteiger partial charge in [0.2, 0.25) is 0 Å². The summed E-state index contributed by atoms with van der Waals surface area (Å²) in [4.78, 5) is 17.5. The van der Waals surface area contributed by atoms with Crippen LogP contribution in [0.3, 0.4) is 0 Å². The van der Waals surface area contributed by atoms with Gasteiger partial charge in [-0.1, -0.05) is 13.0 Å². The SMILES string of the molecule is C[C@@H]1CC[C@@H]2[C@H](CN3CCN(c4cccc(C(F)(F)F)c4)CC3)C(=O)O[C@@]23[C@@H]1CC[C@@]1(C)O[C@H]31. The summed E-state index contributed by atoms with van der Waals surface area (Å²) >= 11 is 0. The first-order chi connectivity index (χ1) is 16.1. The number of halogens is 3. The summed E-state index contributed by atoms with van der Waals surface area (Å²) in [5.74, 6) is 0.867. The van der Waals surface area contributed by atoms with Gasteiger partial charge in [-0.05, 0) is 56.7 Å². The fraction of sp³-hybridized carbons (Fsp3) is 0.731. The molecule has 3 saturated heterocycles. The van der Waals surface area contributed by atoms with E-state index in [0.29, 0.717) is 37.2 Å². The zero-order valence-electron chi connectivity index (χ0n) is 19.8. The van der Waals surface area contributed by atoms with Crippen LogP contribution in [-0.2, 0) is 20.4 Å². The van der Waals surface area contributed by atoms with Crippen LogP contribution in [0.1, 0.15) is 45.1 Å². The summed E-state index contributed by atoms with van der Waals surface area (Å²) in [7, 11) is 0. The molecule has 1 aromatic rings. The summed E-state index contributed by atoms with van der Waals surface area (Å²) in [6.45, 7) is 7.83. The topological polar surface area (TPSA) is 45.3 Å². The molecule has 34 heavy (non-hydrogen) atoms. The first-order valence-electron chi connectivity index (χ1n) is 12.7. The van der Waals surface area contributed by atoms with Crippen molar-refractivity contribution >= 4 is 11.7 Å². The van der Waals surface area contributed by atoms with Crippen LogP contribution in [-0.4, -0.2) is 60.9 Å². The molecule has 0 aromatic heterocycles. The van der Waals surface area contributed by atoms with E-state index in [0.717, 1.165) is 44.8 Å². The van der Waals surface area contributed by atoms with Crippen molar-refractivity contribution in [1.29, 1.82) is 0 Å². The van der Waals surface area contributed by atoms with Crippen molar-refractivity contribution in [3.63, 3.8) is 0 Å². The fourth-order valence-corrected chi connectivity index (χ4v) is 7.61. The third-order valence-corrected chi connectivity index (χ3v) is 9.46. The van der Waals surface area contributed by atoms with Gasteiger partial charge in [0, 0.05) is 50.2 Å². The molecule has 0 amide bonds. The van der Waals surface area contributed by atoms with Crippen molar-refractivity contribution in [3.05, 3.63) is 29.8 Å². The van der Waals surface area contributed by atoms with Gasteiger partial charge in [0.25, 0.3) is 0 Å². The number of fused-ring (bicyclic) bond motifs is 1. The Labute approximate surface area is 198 Å². The highest BCUT2D eigenvalue weighted by atomic mass is 19.4. The van der Waals surface area contributed by atoms with Crippen LogP contribution in [0.15, 0.2) is 24.3 Å². The number of esters is 1. The molecule has 186 valence electrons. The lowest BCUT2D eigenvalue weighted by molar-refractivity contribution is -0.168. The molecule has 8 heteroatoms. The molecular weight excluding hydrogens is 445 g/mol. The molecule has 0 N–H and O–H groups in total. The Morgan fingerprint density at radius 3 is 2.59 bits per heavy atom. The highest BCUT2D eigenvalue weighted by Crippen LogP contribution is 2.66. The van der Waals surface area contributed by atoms with E-state index in [2.05, 4.69) is 18.7 Å². The number of nitrogens with zero attached hydrogens (tertiary/aromatic N) is 2. The van der Waals surface area contributed by atoms with Gasteiger partial charge in [-0.3, -0.25) is 9.69 Å². The summed E-state index contributed by atoms with van der Waals surface area (Å²) < 4.78 is 51.9. The molecular formula is C26H33F3N2O3. The Morgan fingerprint density at radius 2 is 1.85 bits per heavy atom. The maximum atomic E-state index is 13.2. The van der Waals surface area contributed by atoms with Crippen molar-refractivity contribution in [2.24, 2.45) is 23.7 Å².